The van der Waals surface area contributed by atoms with Crippen LogP contribution in [0.3, 0.4) is 0 Å². The molecule has 17 heavy (non-hydrogen) atoms. The topological polar surface area (TPSA) is 32.3 Å². The molecule has 90 valence electrons. The first kappa shape index (κ1) is 12.0. The lowest BCUT2D eigenvalue weighted by Crippen LogP contribution is -2.50. The van der Waals surface area contributed by atoms with Gasteiger partial charge in [-0.15, -0.1) is 6.42 Å². The molecule has 2 atom stereocenters. The van der Waals surface area contributed by atoms with Gasteiger partial charge < -0.3 is 10.4 Å². The van der Waals surface area contributed by atoms with Crippen molar-refractivity contribution >= 4 is 5.69 Å². The molecule has 0 fully saturated rings. The summed E-state index contributed by atoms with van der Waals surface area (Å²) in [5.41, 5.74) is 3.87. The van der Waals surface area contributed by atoms with Crippen molar-refractivity contribution in [2.75, 3.05) is 5.32 Å². The van der Waals surface area contributed by atoms with Crippen molar-refractivity contribution in [3.05, 3.63) is 28.8 Å². The summed E-state index contributed by atoms with van der Waals surface area (Å²) in [5, 5.41) is 13.7. The van der Waals surface area contributed by atoms with Gasteiger partial charge in [-0.1, -0.05) is 18.9 Å². The SMILES string of the molecule is C#Cc1ccc(C)c2c1[C@H](C)[C@@H](O)C(C)(C)N2. The molecule has 2 heteroatoms. The van der Waals surface area contributed by atoms with Crippen LogP contribution in [0.5, 0.6) is 0 Å². The Morgan fingerprint density at radius 1 is 1.41 bits per heavy atom. The number of fused-ring (bicyclic) bond motifs is 1. The fourth-order valence-electron chi connectivity index (χ4n) is 2.67. The van der Waals surface area contributed by atoms with Crippen molar-refractivity contribution < 1.29 is 5.11 Å². The van der Waals surface area contributed by atoms with Gasteiger partial charge in [0.1, 0.15) is 0 Å². The van der Waals surface area contributed by atoms with Gasteiger partial charge in [0.05, 0.1) is 11.6 Å². The van der Waals surface area contributed by atoms with Gasteiger partial charge in [-0.25, -0.2) is 0 Å². The zero-order chi connectivity index (χ0) is 12.8. The first-order valence-corrected chi connectivity index (χ1v) is 5.95. The van der Waals surface area contributed by atoms with E-state index >= 15 is 0 Å². The van der Waals surface area contributed by atoms with Gasteiger partial charge >= 0.3 is 0 Å². The Hall–Kier alpha value is -1.46. The molecule has 0 radical (unpaired) electrons. The average molecular weight is 229 g/mol. The zero-order valence-electron chi connectivity index (χ0n) is 10.8. The van der Waals surface area contributed by atoms with Gasteiger partial charge in [0.25, 0.3) is 0 Å². The van der Waals surface area contributed by atoms with E-state index in [4.69, 9.17) is 6.42 Å². The minimum absolute atomic E-state index is 0.0483. The van der Waals surface area contributed by atoms with E-state index in [1.54, 1.807) is 0 Å². The summed E-state index contributed by atoms with van der Waals surface area (Å²) in [4.78, 5) is 0. The largest absolute Gasteiger partial charge is 0.390 e. The van der Waals surface area contributed by atoms with Crippen LogP contribution in [0.4, 0.5) is 5.69 Å². The van der Waals surface area contributed by atoms with E-state index in [1.165, 1.54) is 5.56 Å². The lowest BCUT2D eigenvalue weighted by Gasteiger charge is -2.43. The summed E-state index contributed by atoms with van der Waals surface area (Å²) < 4.78 is 0. The lowest BCUT2D eigenvalue weighted by atomic mass is 9.76. The maximum atomic E-state index is 10.3. The molecule has 1 heterocycles. The second-order valence-electron chi connectivity index (χ2n) is 5.44. The highest BCUT2D eigenvalue weighted by molar-refractivity contribution is 5.68. The molecule has 0 spiro atoms. The van der Waals surface area contributed by atoms with Gasteiger partial charge in [-0.3, -0.25) is 0 Å². The van der Waals surface area contributed by atoms with Crippen molar-refractivity contribution in [2.45, 2.75) is 45.3 Å². The number of terminal acetylenes is 1. The summed E-state index contributed by atoms with van der Waals surface area (Å²) in [5.74, 6) is 2.76. The van der Waals surface area contributed by atoms with Crippen molar-refractivity contribution in [3.63, 3.8) is 0 Å². The van der Waals surface area contributed by atoms with Crippen molar-refractivity contribution in [1.29, 1.82) is 0 Å². The molecule has 0 aromatic heterocycles. The molecule has 1 aliphatic heterocycles. The molecule has 1 aromatic carbocycles. The predicted octanol–water partition coefficient (Wildman–Crippen LogP) is 2.64. The summed E-state index contributed by atoms with van der Waals surface area (Å²) in [6.07, 6.45) is 5.10. The normalized spacial score (nSPS) is 25.6. The molecular formula is C15H19NO. The lowest BCUT2D eigenvalue weighted by molar-refractivity contribution is 0.0867. The van der Waals surface area contributed by atoms with Crippen LogP contribution in [-0.2, 0) is 0 Å². The standard InChI is InChI=1S/C15H19NO/c1-6-11-8-7-9(2)13-12(11)10(3)14(17)15(4,5)16-13/h1,7-8,10,14,16-17H,2-5H3/t10-,14+/m0/s1. The Morgan fingerprint density at radius 3 is 2.65 bits per heavy atom. The van der Waals surface area contributed by atoms with Gasteiger partial charge in [-0.05, 0) is 38.0 Å². The molecule has 0 bridgehead atoms. The number of anilines is 1. The summed E-state index contributed by atoms with van der Waals surface area (Å²) in [7, 11) is 0. The van der Waals surface area contributed by atoms with E-state index in [2.05, 4.69) is 18.2 Å². The van der Waals surface area contributed by atoms with Crippen LogP contribution in [-0.4, -0.2) is 16.7 Å². The Morgan fingerprint density at radius 2 is 2.06 bits per heavy atom. The van der Waals surface area contributed by atoms with Crippen molar-refractivity contribution in [2.24, 2.45) is 0 Å². The van der Waals surface area contributed by atoms with Crippen molar-refractivity contribution in [3.8, 4) is 12.3 Å². The van der Waals surface area contributed by atoms with Crippen molar-refractivity contribution in [1.82, 2.24) is 0 Å². The van der Waals surface area contributed by atoms with Crippen LogP contribution in [0.2, 0.25) is 0 Å². The van der Waals surface area contributed by atoms with Crippen LogP contribution < -0.4 is 5.32 Å². The molecule has 0 aliphatic carbocycles. The number of hydrogen-bond donors (Lipinski definition) is 2. The third-order valence-electron chi connectivity index (χ3n) is 3.72. The first-order valence-electron chi connectivity index (χ1n) is 5.95. The third kappa shape index (κ3) is 1.71. The van der Waals surface area contributed by atoms with Gasteiger partial charge in [0.15, 0.2) is 0 Å². The number of aryl methyl sites for hydroxylation is 1. The maximum Gasteiger partial charge on any atom is 0.0831 e. The van der Waals surface area contributed by atoms with Gasteiger partial charge in [0.2, 0.25) is 0 Å². The van der Waals surface area contributed by atoms with Crippen LogP contribution in [0, 0.1) is 19.3 Å². The predicted molar refractivity (Wildman–Crippen MR) is 71.2 cm³/mol. The van der Waals surface area contributed by atoms with Crippen LogP contribution >= 0.6 is 0 Å². The van der Waals surface area contributed by atoms with Gasteiger partial charge in [0, 0.05) is 17.2 Å². The second-order valence-corrected chi connectivity index (χ2v) is 5.44. The molecule has 0 saturated heterocycles. The van der Waals surface area contributed by atoms with Crippen LogP contribution in [0.25, 0.3) is 0 Å². The highest BCUT2D eigenvalue weighted by Gasteiger charge is 2.39. The molecule has 2 N–H and O–H groups in total. The summed E-state index contributed by atoms with van der Waals surface area (Å²) in [6, 6.07) is 3.99. The first-order chi connectivity index (χ1) is 7.88. The number of benzene rings is 1. The third-order valence-corrected chi connectivity index (χ3v) is 3.72. The van der Waals surface area contributed by atoms with E-state index in [-0.39, 0.29) is 11.5 Å². The van der Waals surface area contributed by atoms with Crippen LogP contribution in [0.1, 0.15) is 43.4 Å². The average Bonchev–Trinajstić information content (AvgIpc) is 2.28. The Balaban J connectivity index is 2.68. The number of hydrogen-bond acceptors (Lipinski definition) is 2. The summed E-state index contributed by atoms with van der Waals surface area (Å²) >= 11 is 0. The highest BCUT2D eigenvalue weighted by Crippen LogP contribution is 2.42. The minimum atomic E-state index is -0.441. The molecule has 0 saturated carbocycles. The Kier molecular flexibility index (Phi) is 2.67. The Labute approximate surface area is 103 Å². The number of nitrogens with one attached hydrogen (secondary N) is 1. The Bertz CT molecular complexity index is 496. The second kappa shape index (κ2) is 3.78. The fourth-order valence-corrected chi connectivity index (χ4v) is 2.67. The summed E-state index contributed by atoms with van der Waals surface area (Å²) in [6.45, 7) is 8.12. The van der Waals surface area contributed by atoms with E-state index in [9.17, 15) is 5.11 Å². The van der Waals surface area contributed by atoms with Crippen LogP contribution in [0.15, 0.2) is 12.1 Å². The molecular weight excluding hydrogens is 210 g/mol. The number of aliphatic hydroxyl groups is 1. The monoisotopic (exact) mass is 229 g/mol. The molecule has 2 nitrogen and oxygen atoms in total. The quantitative estimate of drug-likeness (QED) is 0.670. The number of aliphatic hydroxyl groups excluding tert-OH is 1. The van der Waals surface area contributed by atoms with E-state index in [1.807, 2.05) is 32.9 Å². The minimum Gasteiger partial charge on any atom is -0.390 e. The fraction of sp³-hybridized carbons (Fsp3) is 0.467. The van der Waals surface area contributed by atoms with Gasteiger partial charge in [-0.2, -0.15) is 0 Å². The van der Waals surface area contributed by atoms with E-state index < -0.39 is 6.10 Å². The molecule has 1 aliphatic rings. The maximum absolute atomic E-state index is 10.3. The smallest absolute Gasteiger partial charge is 0.0831 e. The number of rotatable bonds is 0. The highest BCUT2D eigenvalue weighted by atomic mass is 16.3. The van der Waals surface area contributed by atoms with E-state index in [0.717, 1.165) is 16.8 Å². The molecule has 0 unspecified atom stereocenters. The zero-order valence-corrected chi connectivity index (χ0v) is 10.8. The molecule has 2 rings (SSSR count). The molecule has 1 aromatic rings. The van der Waals surface area contributed by atoms with E-state index in [0.29, 0.717) is 0 Å². The molecule has 0 amide bonds.